The van der Waals surface area contributed by atoms with Gasteiger partial charge in [0.2, 0.25) is 0 Å². The van der Waals surface area contributed by atoms with Gasteiger partial charge in [0.1, 0.15) is 0 Å². The molecule has 1 aliphatic carbocycles. The third-order valence-corrected chi connectivity index (χ3v) is 3.44. The summed E-state index contributed by atoms with van der Waals surface area (Å²) in [7, 11) is 1.77. The molecule has 3 N–H and O–H groups in total. The van der Waals surface area contributed by atoms with E-state index in [-0.39, 0.29) is 0 Å². The first-order valence-corrected chi connectivity index (χ1v) is 6.23. The van der Waals surface area contributed by atoms with Crippen molar-refractivity contribution in [2.24, 2.45) is 11.7 Å². The van der Waals surface area contributed by atoms with Crippen LogP contribution >= 0.6 is 0 Å². The van der Waals surface area contributed by atoms with Crippen LogP contribution < -0.4 is 11.1 Å². The van der Waals surface area contributed by atoms with E-state index >= 15 is 0 Å². The highest BCUT2D eigenvalue weighted by molar-refractivity contribution is 4.83. The predicted molar refractivity (Wildman–Crippen MR) is 63.9 cm³/mol. The maximum absolute atomic E-state index is 5.54. The zero-order valence-corrected chi connectivity index (χ0v) is 10.2. The number of hydrogen-bond donors (Lipinski definition) is 2. The molecule has 0 spiro atoms. The van der Waals surface area contributed by atoms with Gasteiger partial charge in [-0.25, -0.2) is 0 Å². The zero-order chi connectivity index (χ0) is 11.1. The fourth-order valence-electron chi connectivity index (χ4n) is 2.48. The molecule has 0 aromatic heterocycles. The molecular weight excluding hydrogens is 188 g/mol. The first kappa shape index (κ1) is 12.9. The molecule has 1 saturated carbocycles. The molecule has 0 bridgehead atoms. The van der Waals surface area contributed by atoms with Gasteiger partial charge in [0, 0.05) is 19.2 Å². The van der Waals surface area contributed by atoms with Crippen LogP contribution in [0.1, 0.15) is 39.0 Å². The normalized spacial score (nSPS) is 28.2. The molecule has 1 fully saturated rings. The largest absolute Gasteiger partial charge is 0.383 e. The van der Waals surface area contributed by atoms with E-state index in [0.717, 1.165) is 31.9 Å². The van der Waals surface area contributed by atoms with E-state index in [4.69, 9.17) is 10.5 Å². The van der Waals surface area contributed by atoms with Gasteiger partial charge in [-0.3, -0.25) is 0 Å². The van der Waals surface area contributed by atoms with Crippen molar-refractivity contribution in [3.63, 3.8) is 0 Å². The summed E-state index contributed by atoms with van der Waals surface area (Å²) in [6.07, 6.45) is 6.28. The molecule has 0 heterocycles. The Kier molecular flexibility index (Phi) is 6.22. The standard InChI is InChI=1S/C12H26N2O/c1-10-5-3-7-12(10)14-11(9-15-2)6-4-8-13/h10-12,14H,3-9,13H2,1-2H3. The van der Waals surface area contributed by atoms with Gasteiger partial charge < -0.3 is 15.8 Å². The van der Waals surface area contributed by atoms with Crippen LogP contribution in [0.2, 0.25) is 0 Å². The maximum Gasteiger partial charge on any atom is 0.0615 e. The first-order chi connectivity index (χ1) is 7.27. The molecule has 1 rings (SSSR count). The van der Waals surface area contributed by atoms with E-state index in [9.17, 15) is 0 Å². The minimum atomic E-state index is 0.490. The fraction of sp³-hybridized carbons (Fsp3) is 1.00. The highest BCUT2D eigenvalue weighted by Gasteiger charge is 2.25. The Morgan fingerprint density at radius 3 is 2.80 bits per heavy atom. The number of methoxy groups -OCH3 is 1. The first-order valence-electron chi connectivity index (χ1n) is 6.23. The van der Waals surface area contributed by atoms with Gasteiger partial charge in [-0.05, 0) is 38.1 Å². The van der Waals surface area contributed by atoms with Gasteiger partial charge in [0.05, 0.1) is 6.61 Å². The summed E-state index contributed by atoms with van der Waals surface area (Å²) in [6.45, 7) is 3.93. The van der Waals surface area contributed by atoms with Gasteiger partial charge in [0.15, 0.2) is 0 Å². The number of ether oxygens (including phenoxy) is 1. The highest BCUT2D eigenvalue weighted by Crippen LogP contribution is 2.25. The molecule has 15 heavy (non-hydrogen) atoms. The number of rotatable bonds is 7. The van der Waals surface area contributed by atoms with E-state index in [1.165, 1.54) is 19.3 Å². The van der Waals surface area contributed by atoms with Crippen LogP contribution in [0.4, 0.5) is 0 Å². The van der Waals surface area contributed by atoms with Crippen LogP contribution in [-0.2, 0) is 4.74 Å². The molecule has 0 aromatic rings. The third kappa shape index (κ3) is 4.49. The van der Waals surface area contributed by atoms with Gasteiger partial charge in [0.25, 0.3) is 0 Å². The lowest BCUT2D eigenvalue weighted by molar-refractivity contribution is 0.152. The second kappa shape index (κ2) is 7.20. The average molecular weight is 214 g/mol. The average Bonchev–Trinajstić information content (AvgIpc) is 2.61. The number of hydrogen-bond acceptors (Lipinski definition) is 3. The number of nitrogens with two attached hydrogens (primary N) is 1. The summed E-state index contributed by atoms with van der Waals surface area (Å²) < 4.78 is 5.24. The summed E-state index contributed by atoms with van der Waals surface area (Å²) in [5.74, 6) is 0.822. The highest BCUT2D eigenvalue weighted by atomic mass is 16.5. The Morgan fingerprint density at radius 2 is 2.27 bits per heavy atom. The quantitative estimate of drug-likeness (QED) is 0.675. The van der Waals surface area contributed by atoms with Gasteiger partial charge >= 0.3 is 0 Å². The lowest BCUT2D eigenvalue weighted by atomic mass is 10.0. The molecule has 1 aliphatic rings. The number of nitrogens with one attached hydrogen (secondary N) is 1. The summed E-state index contributed by atoms with van der Waals surface area (Å²) in [5, 5.41) is 3.72. The molecular formula is C12H26N2O. The molecule has 0 saturated heterocycles. The SMILES string of the molecule is COCC(CCCN)NC1CCCC1C. The molecule has 0 radical (unpaired) electrons. The Balaban J connectivity index is 2.28. The van der Waals surface area contributed by atoms with Gasteiger partial charge in [-0.1, -0.05) is 13.3 Å². The minimum absolute atomic E-state index is 0.490. The van der Waals surface area contributed by atoms with Crippen LogP contribution in [0, 0.1) is 5.92 Å². The summed E-state index contributed by atoms with van der Waals surface area (Å²) in [4.78, 5) is 0. The fourth-order valence-corrected chi connectivity index (χ4v) is 2.48. The summed E-state index contributed by atoms with van der Waals surface area (Å²) in [6, 6.07) is 1.19. The van der Waals surface area contributed by atoms with E-state index in [0.29, 0.717) is 12.1 Å². The van der Waals surface area contributed by atoms with Crippen molar-refractivity contribution in [2.45, 2.75) is 51.1 Å². The Labute approximate surface area is 93.8 Å². The van der Waals surface area contributed by atoms with Crippen molar-refractivity contribution in [2.75, 3.05) is 20.3 Å². The van der Waals surface area contributed by atoms with E-state index in [1.54, 1.807) is 7.11 Å². The lowest BCUT2D eigenvalue weighted by Crippen LogP contribution is -2.42. The Bertz CT molecular complexity index is 164. The molecule has 3 unspecified atom stereocenters. The molecule has 0 aromatic carbocycles. The molecule has 3 nitrogen and oxygen atoms in total. The van der Waals surface area contributed by atoms with E-state index in [2.05, 4.69) is 12.2 Å². The minimum Gasteiger partial charge on any atom is -0.383 e. The van der Waals surface area contributed by atoms with Crippen LogP contribution in [0.25, 0.3) is 0 Å². The molecule has 3 heteroatoms. The van der Waals surface area contributed by atoms with Crippen LogP contribution in [-0.4, -0.2) is 32.3 Å². The second-order valence-corrected chi connectivity index (χ2v) is 4.76. The van der Waals surface area contributed by atoms with Gasteiger partial charge in [-0.2, -0.15) is 0 Å². The zero-order valence-electron chi connectivity index (χ0n) is 10.2. The summed E-state index contributed by atoms with van der Waals surface area (Å²) >= 11 is 0. The summed E-state index contributed by atoms with van der Waals surface area (Å²) in [5.41, 5.74) is 5.54. The topological polar surface area (TPSA) is 47.3 Å². The van der Waals surface area contributed by atoms with Crippen LogP contribution in [0.5, 0.6) is 0 Å². The molecule has 3 atom stereocenters. The van der Waals surface area contributed by atoms with Gasteiger partial charge in [-0.15, -0.1) is 0 Å². The van der Waals surface area contributed by atoms with Crippen molar-refractivity contribution >= 4 is 0 Å². The van der Waals surface area contributed by atoms with Crippen molar-refractivity contribution in [1.29, 1.82) is 0 Å². The smallest absolute Gasteiger partial charge is 0.0615 e. The monoisotopic (exact) mass is 214 g/mol. The Morgan fingerprint density at radius 1 is 1.47 bits per heavy atom. The third-order valence-electron chi connectivity index (χ3n) is 3.44. The maximum atomic E-state index is 5.54. The van der Waals surface area contributed by atoms with Crippen molar-refractivity contribution in [1.82, 2.24) is 5.32 Å². The molecule has 0 aliphatic heterocycles. The Hall–Kier alpha value is -0.120. The molecule has 0 amide bonds. The van der Waals surface area contributed by atoms with E-state index in [1.807, 2.05) is 0 Å². The van der Waals surface area contributed by atoms with Crippen LogP contribution in [0.15, 0.2) is 0 Å². The van der Waals surface area contributed by atoms with E-state index < -0.39 is 0 Å². The van der Waals surface area contributed by atoms with Crippen LogP contribution in [0.3, 0.4) is 0 Å². The predicted octanol–water partition coefficient (Wildman–Crippen LogP) is 1.52. The molecule has 90 valence electrons. The van der Waals surface area contributed by atoms with Crippen molar-refractivity contribution in [3.05, 3.63) is 0 Å². The second-order valence-electron chi connectivity index (χ2n) is 4.76. The van der Waals surface area contributed by atoms with Crippen molar-refractivity contribution in [3.8, 4) is 0 Å². The van der Waals surface area contributed by atoms with Crippen molar-refractivity contribution < 1.29 is 4.74 Å². The lowest BCUT2D eigenvalue weighted by Gasteiger charge is -2.25.